The maximum atomic E-state index is 12.0. The summed E-state index contributed by atoms with van der Waals surface area (Å²) in [7, 11) is -3.89. The fraction of sp³-hybridized carbons (Fsp3) is 0.182. The Morgan fingerprint density at radius 3 is 2.81 bits per heavy atom. The van der Waals surface area contributed by atoms with Crippen molar-refractivity contribution in [2.45, 2.75) is 11.4 Å². The maximum absolute atomic E-state index is 12.0. The third-order valence-corrected chi connectivity index (χ3v) is 4.13. The maximum Gasteiger partial charge on any atom is 0.312 e. The van der Waals surface area contributed by atoms with Crippen LogP contribution in [0.2, 0.25) is 0 Å². The summed E-state index contributed by atoms with van der Waals surface area (Å²) in [6.45, 7) is 0.479. The summed E-state index contributed by atoms with van der Waals surface area (Å²) in [5.41, 5.74) is -0.660. The van der Waals surface area contributed by atoms with Gasteiger partial charge in [-0.1, -0.05) is 0 Å². The molecule has 0 fully saturated rings. The number of phenols is 1. The lowest BCUT2D eigenvalue weighted by Crippen LogP contribution is -2.27. The van der Waals surface area contributed by atoms with Crippen LogP contribution in [0, 0.1) is 10.1 Å². The Hall–Kier alpha value is -2.46. The minimum absolute atomic E-state index is 0.105. The molecule has 0 radical (unpaired) electrons. The Kier molecular flexibility index (Phi) is 4.19. The van der Waals surface area contributed by atoms with Crippen LogP contribution in [-0.4, -0.2) is 34.5 Å². The second-order valence-corrected chi connectivity index (χ2v) is 5.87. The normalized spacial score (nSPS) is 11.4. The minimum Gasteiger partial charge on any atom is -0.502 e. The van der Waals surface area contributed by atoms with Gasteiger partial charge in [-0.25, -0.2) is 18.1 Å². The SMILES string of the molecule is O=[N+]([O-])c1cc(S(=O)(=O)NCCn2ccnc2)ccc1O. The lowest BCUT2D eigenvalue weighted by Gasteiger charge is -2.07. The van der Waals surface area contributed by atoms with E-state index in [0.717, 1.165) is 18.2 Å². The molecule has 112 valence electrons. The van der Waals surface area contributed by atoms with Crippen molar-refractivity contribution >= 4 is 15.7 Å². The van der Waals surface area contributed by atoms with E-state index in [1.54, 1.807) is 23.3 Å². The lowest BCUT2D eigenvalue weighted by molar-refractivity contribution is -0.386. The zero-order chi connectivity index (χ0) is 15.5. The quantitative estimate of drug-likeness (QED) is 0.589. The van der Waals surface area contributed by atoms with Crippen LogP contribution in [0.15, 0.2) is 41.8 Å². The molecule has 0 bridgehead atoms. The highest BCUT2D eigenvalue weighted by molar-refractivity contribution is 7.89. The molecule has 0 atom stereocenters. The summed E-state index contributed by atoms with van der Waals surface area (Å²) in [4.78, 5) is 13.4. The molecule has 1 aromatic carbocycles. The van der Waals surface area contributed by atoms with Gasteiger partial charge in [0.2, 0.25) is 10.0 Å². The molecule has 9 nitrogen and oxygen atoms in total. The van der Waals surface area contributed by atoms with Gasteiger partial charge in [0.1, 0.15) is 0 Å². The van der Waals surface area contributed by atoms with Gasteiger partial charge < -0.3 is 9.67 Å². The van der Waals surface area contributed by atoms with Crippen molar-refractivity contribution in [2.24, 2.45) is 0 Å². The van der Waals surface area contributed by atoms with Crippen molar-refractivity contribution in [1.29, 1.82) is 0 Å². The first-order valence-corrected chi connectivity index (χ1v) is 7.31. The molecule has 0 saturated carbocycles. The topological polar surface area (TPSA) is 127 Å². The molecular weight excluding hydrogens is 300 g/mol. The number of nitrogens with zero attached hydrogens (tertiary/aromatic N) is 3. The number of imidazole rings is 1. The van der Waals surface area contributed by atoms with Gasteiger partial charge in [0.25, 0.3) is 0 Å². The van der Waals surface area contributed by atoms with Crippen molar-refractivity contribution < 1.29 is 18.4 Å². The number of nitrogens with one attached hydrogen (secondary N) is 1. The highest BCUT2D eigenvalue weighted by atomic mass is 32.2. The van der Waals surface area contributed by atoms with Crippen LogP contribution in [0.3, 0.4) is 0 Å². The number of sulfonamides is 1. The molecule has 1 aromatic heterocycles. The minimum atomic E-state index is -3.89. The smallest absolute Gasteiger partial charge is 0.312 e. The summed E-state index contributed by atoms with van der Waals surface area (Å²) in [6, 6.07) is 2.89. The summed E-state index contributed by atoms with van der Waals surface area (Å²) < 4.78 is 28.0. The van der Waals surface area contributed by atoms with E-state index in [-0.39, 0.29) is 11.4 Å². The predicted octanol–water partition coefficient (Wildman–Crippen LogP) is 0.475. The molecule has 0 amide bonds. The molecule has 2 aromatic rings. The Balaban J connectivity index is 2.12. The molecule has 0 spiro atoms. The Morgan fingerprint density at radius 2 is 2.19 bits per heavy atom. The largest absolute Gasteiger partial charge is 0.502 e. The summed E-state index contributed by atoms with van der Waals surface area (Å²) >= 11 is 0. The lowest BCUT2D eigenvalue weighted by atomic mass is 10.3. The van der Waals surface area contributed by atoms with Gasteiger partial charge in [-0.3, -0.25) is 10.1 Å². The summed E-state index contributed by atoms with van der Waals surface area (Å²) in [6.07, 6.45) is 4.79. The fourth-order valence-electron chi connectivity index (χ4n) is 1.63. The molecule has 0 unspecified atom stereocenters. The van der Waals surface area contributed by atoms with Crippen LogP contribution in [0.5, 0.6) is 5.75 Å². The van der Waals surface area contributed by atoms with Crippen LogP contribution >= 0.6 is 0 Å². The van der Waals surface area contributed by atoms with Gasteiger partial charge in [0.15, 0.2) is 5.75 Å². The van der Waals surface area contributed by atoms with Crippen LogP contribution < -0.4 is 4.72 Å². The second-order valence-electron chi connectivity index (χ2n) is 4.11. The van der Waals surface area contributed by atoms with E-state index in [1.165, 1.54) is 0 Å². The molecule has 10 heteroatoms. The molecule has 0 aliphatic carbocycles. The van der Waals surface area contributed by atoms with E-state index in [4.69, 9.17) is 0 Å². The summed E-state index contributed by atoms with van der Waals surface area (Å²) in [5.74, 6) is -0.586. The molecule has 21 heavy (non-hydrogen) atoms. The van der Waals surface area contributed by atoms with Gasteiger partial charge in [0.05, 0.1) is 16.1 Å². The standard InChI is InChI=1S/C11H12N4O5S/c16-11-2-1-9(7-10(11)15(17)18)21(19,20)13-4-6-14-5-3-12-8-14/h1-3,5,7-8,13,16H,4,6H2. The number of rotatable bonds is 6. The Morgan fingerprint density at radius 1 is 1.43 bits per heavy atom. The van der Waals surface area contributed by atoms with Crippen molar-refractivity contribution in [1.82, 2.24) is 14.3 Å². The molecule has 1 heterocycles. The van der Waals surface area contributed by atoms with E-state index in [0.29, 0.717) is 6.54 Å². The number of aromatic hydroxyl groups is 1. The van der Waals surface area contributed by atoms with Crippen molar-refractivity contribution in [3.05, 3.63) is 47.0 Å². The Labute approximate surface area is 120 Å². The molecule has 0 aliphatic heterocycles. The number of aromatic nitrogens is 2. The molecule has 2 N–H and O–H groups in total. The van der Waals surface area contributed by atoms with Gasteiger partial charge in [0, 0.05) is 31.5 Å². The van der Waals surface area contributed by atoms with Gasteiger partial charge >= 0.3 is 5.69 Å². The molecular formula is C11H12N4O5S. The van der Waals surface area contributed by atoms with Gasteiger partial charge in [-0.2, -0.15) is 0 Å². The first-order chi connectivity index (χ1) is 9.90. The number of nitro benzene ring substituents is 1. The van der Waals surface area contributed by atoms with Crippen LogP contribution in [0.1, 0.15) is 0 Å². The first kappa shape index (κ1) is 14.9. The fourth-order valence-corrected chi connectivity index (χ4v) is 2.67. The van der Waals surface area contributed by atoms with Gasteiger partial charge in [-0.15, -0.1) is 0 Å². The zero-order valence-corrected chi connectivity index (χ0v) is 11.5. The zero-order valence-electron chi connectivity index (χ0n) is 10.7. The monoisotopic (exact) mass is 312 g/mol. The van der Waals surface area contributed by atoms with E-state index >= 15 is 0 Å². The highest BCUT2D eigenvalue weighted by Gasteiger charge is 2.20. The van der Waals surface area contributed by atoms with Crippen molar-refractivity contribution in [3.8, 4) is 5.75 Å². The average Bonchev–Trinajstić information content (AvgIpc) is 2.91. The number of nitro groups is 1. The average molecular weight is 312 g/mol. The van der Waals surface area contributed by atoms with Crippen LogP contribution in [0.4, 0.5) is 5.69 Å². The van der Waals surface area contributed by atoms with E-state index < -0.39 is 26.4 Å². The van der Waals surface area contributed by atoms with Crippen molar-refractivity contribution in [2.75, 3.05) is 6.54 Å². The third kappa shape index (κ3) is 3.55. The molecule has 0 aliphatic rings. The third-order valence-electron chi connectivity index (χ3n) is 2.68. The number of benzene rings is 1. The van der Waals surface area contributed by atoms with Crippen LogP contribution in [-0.2, 0) is 16.6 Å². The number of phenolic OH excluding ortho intramolecular Hbond substituents is 1. The first-order valence-electron chi connectivity index (χ1n) is 5.83. The highest BCUT2D eigenvalue weighted by Crippen LogP contribution is 2.27. The van der Waals surface area contributed by atoms with E-state index in [9.17, 15) is 23.6 Å². The summed E-state index contributed by atoms with van der Waals surface area (Å²) in [5, 5.41) is 20.0. The number of hydrogen-bond donors (Lipinski definition) is 2. The van der Waals surface area contributed by atoms with Gasteiger partial charge in [-0.05, 0) is 12.1 Å². The van der Waals surface area contributed by atoms with Crippen LogP contribution in [0.25, 0.3) is 0 Å². The predicted molar refractivity (Wildman–Crippen MR) is 72.2 cm³/mol. The molecule has 0 saturated heterocycles. The van der Waals surface area contributed by atoms with E-state index in [2.05, 4.69) is 9.71 Å². The Bertz CT molecular complexity index is 742. The second kappa shape index (κ2) is 5.89. The van der Waals surface area contributed by atoms with E-state index in [1.807, 2.05) is 0 Å². The molecule has 2 rings (SSSR count). The van der Waals surface area contributed by atoms with Crippen molar-refractivity contribution in [3.63, 3.8) is 0 Å². The number of hydrogen-bond acceptors (Lipinski definition) is 6.